The lowest BCUT2D eigenvalue weighted by Crippen LogP contribution is -2.49. The lowest BCUT2D eigenvalue weighted by Gasteiger charge is -2.37. The molecule has 1 aromatic rings. The van der Waals surface area contributed by atoms with Crippen LogP contribution in [0.3, 0.4) is 0 Å². The summed E-state index contributed by atoms with van der Waals surface area (Å²) in [6.07, 6.45) is 7.11. The van der Waals surface area contributed by atoms with Gasteiger partial charge in [0.05, 0.1) is 18.6 Å². The standard InChI is InChI=1S/C13H18N4O4S/c1-22(20,21)17-9-2-3-10(17)5-8(4-9)16-12-7-14-11(6-15-12)13(18)19/h6-10H,2-5H2,1H3,(H,15,16)(H,18,19). The lowest BCUT2D eigenvalue weighted by molar-refractivity contribution is 0.0690. The van der Waals surface area contributed by atoms with Crippen molar-refractivity contribution < 1.29 is 18.3 Å². The summed E-state index contributed by atoms with van der Waals surface area (Å²) in [6.45, 7) is 0. The van der Waals surface area contributed by atoms with Crippen molar-refractivity contribution in [1.82, 2.24) is 14.3 Å². The maximum absolute atomic E-state index is 11.8. The largest absolute Gasteiger partial charge is 0.476 e. The molecule has 8 nitrogen and oxygen atoms in total. The molecule has 2 atom stereocenters. The van der Waals surface area contributed by atoms with Gasteiger partial charge in [0.15, 0.2) is 5.69 Å². The minimum Gasteiger partial charge on any atom is -0.476 e. The first kappa shape index (κ1) is 15.2. The second kappa shape index (κ2) is 5.47. The SMILES string of the molecule is CS(=O)(=O)N1C2CCC1CC(Nc1cnc(C(=O)O)cn1)C2. The molecule has 0 radical (unpaired) electrons. The minimum atomic E-state index is -3.16. The average Bonchev–Trinajstić information content (AvgIpc) is 2.72. The summed E-state index contributed by atoms with van der Waals surface area (Å²) in [5.41, 5.74) is -0.0995. The number of hydrogen-bond acceptors (Lipinski definition) is 6. The zero-order valence-electron chi connectivity index (χ0n) is 12.1. The molecule has 3 rings (SSSR count). The van der Waals surface area contributed by atoms with E-state index in [4.69, 9.17) is 5.11 Å². The number of anilines is 1. The predicted octanol–water partition coefficient (Wildman–Crippen LogP) is 0.542. The van der Waals surface area contributed by atoms with Crippen molar-refractivity contribution in [3.8, 4) is 0 Å². The predicted molar refractivity (Wildman–Crippen MR) is 79.1 cm³/mol. The molecular formula is C13H18N4O4S. The molecule has 2 saturated heterocycles. The fourth-order valence-electron chi connectivity index (χ4n) is 3.52. The van der Waals surface area contributed by atoms with E-state index < -0.39 is 16.0 Å². The number of aromatic carboxylic acids is 1. The Kier molecular flexibility index (Phi) is 3.77. The summed E-state index contributed by atoms with van der Waals surface area (Å²) in [5.74, 6) is -0.597. The van der Waals surface area contributed by atoms with E-state index in [1.165, 1.54) is 18.6 Å². The van der Waals surface area contributed by atoms with Gasteiger partial charge in [0.2, 0.25) is 10.0 Å². The zero-order chi connectivity index (χ0) is 15.9. The number of nitrogens with zero attached hydrogens (tertiary/aromatic N) is 3. The Morgan fingerprint density at radius 3 is 2.36 bits per heavy atom. The number of carboxylic acid groups (broad SMARTS) is 1. The van der Waals surface area contributed by atoms with Crippen LogP contribution in [0.25, 0.3) is 0 Å². The number of rotatable bonds is 4. The highest BCUT2D eigenvalue weighted by Crippen LogP contribution is 2.38. The molecule has 120 valence electrons. The van der Waals surface area contributed by atoms with E-state index in [9.17, 15) is 13.2 Å². The van der Waals surface area contributed by atoms with Crippen molar-refractivity contribution in [2.24, 2.45) is 0 Å². The summed E-state index contributed by atoms with van der Waals surface area (Å²) in [6, 6.07) is 0.204. The Morgan fingerprint density at radius 2 is 1.91 bits per heavy atom. The number of piperidine rings is 1. The summed E-state index contributed by atoms with van der Waals surface area (Å²) in [4.78, 5) is 18.6. The number of aromatic nitrogens is 2. The van der Waals surface area contributed by atoms with Crippen molar-refractivity contribution in [2.75, 3.05) is 11.6 Å². The van der Waals surface area contributed by atoms with Crippen LogP contribution in [-0.4, -0.2) is 58.1 Å². The third-order valence-corrected chi connectivity index (χ3v) is 5.63. The fraction of sp³-hybridized carbons (Fsp3) is 0.615. The van der Waals surface area contributed by atoms with Gasteiger partial charge in [-0.2, -0.15) is 4.31 Å². The molecule has 2 bridgehead atoms. The highest BCUT2D eigenvalue weighted by molar-refractivity contribution is 7.88. The van der Waals surface area contributed by atoms with Crippen LogP contribution in [0.5, 0.6) is 0 Å². The van der Waals surface area contributed by atoms with Gasteiger partial charge in [0.1, 0.15) is 5.82 Å². The van der Waals surface area contributed by atoms with Crippen LogP contribution in [0.4, 0.5) is 5.82 Å². The molecule has 9 heteroatoms. The maximum atomic E-state index is 11.8. The average molecular weight is 326 g/mol. The van der Waals surface area contributed by atoms with Gasteiger partial charge in [0.25, 0.3) is 0 Å². The number of carbonyl (C=O) groups is 1. The van der Waals surface area contributed by atoms with E-state index in [0.29, 0.717) is 5.82 Å². The molecule has 22 heavy (non-hydrogen) atoms. The van der Waals surface area contributed by atoms with Crippen LogP contribution in [0.15, 0.2) is 12.4 Å². The number of hydrogen-bond donors (Lipinski definition) is 2. The molecule has 2 unspecified atom stereocenters. The van der Waals surface area contributed by atoms with Gasteiger partial charge < -0.3 is 10.4 Å². The number of sulfonamides is 1. The zero-order valence-corrected chi connectivity index (χ0v) is 13.0. The summed E-state index contributed by atoms with van der Waals surface area (Å²) in [7, 11) is -3.16. The second-order valence-electron chi connectivity index (χ2n) is 5.88. The van der Waals surface area contributed by atoms with Crippen LogP contribution in [0.1, 0.15) is 36.2 Å². The summed E-state index contributed by atoms with van der Waals surface area (Å²) in [5, 5.41) is 12.0. The van der Waals surface area contributed by atoms with Crippen LogP contribution >= 0.6 is 0 Å². The highest BCUT2D eigenvalue weighted by atomic mass is 32.2. The molecule has 1 aromatic heterocycles. The molecule has 3 heterocycles. The van der Waals surface area contributed by atoms with Crippen LogP contribution in [-0.2, 0) is 10.0 Å². The molecule has 0 spiro atoms. The van der Waals surface area contributed by atoms with Gasteiger partial charge in [-0.05, 0) is 25.7 Å². The molecule has 0 amide bonds. The van der Waals surface area contributed by atoms with E-state index >= 15 is 0 Å². The molecule has 2 aliphatic heterocycles. The molecule has 0 aromatic carbocycles. The molecule has 2 fully saturated rings. The first-order valence-corrected chi connectivity index (χ1v) is 9.00. The maximum Gasteiger partial charge on any atom is 0.356 e. The summed E-state index contributed by atoms with van der Waals surface area (Å²) >= 11 is 0. The lowest BCUT2D eigenvalue weighted by atomic mass is 10.00. The second-order valence-corrected chi connectivity index (χ2v) is 7.77. The van der Waals surface area contributed by atoms with E-state index in [-0.39, 0.29) is 23.8 Å². The van der Waals surface area contributed by atoms with Gasteiger partial charge >= 0.3 is 5.97 Å². The Labute approximate surface area is 128 Å². The van der Waals surface area contributed by atoms with Crippen molar-refractivity contribution in [2.45, 2.75) is 43.8 Å². The van der Waals surface area contributed by atoms with Crippen LogP contribution in [0.2, 0.25) is 0 Å². The van der Waals surface area contributed by atoms with Crippen molar-refractivity contribution in [1.29, 1.82) is 0 Å². The van der Waals surface area contributed by atoms with Gasteiger partial charge in [-0.3, -0.25) is 0 Å². The van der Waals surface area contributed by atoms with E-state index in [2.05, 4.69) is 15.3 Å². The van der Waals surface area contributed by atoms with E-state index in [1.54, 1.807) is 4.31 Å². The Bertz CT molecular complexity index is 662. The Hall–Kier alpha value is -1.74. The molecule has 0 saturated carbocycles. The third-order valence-electron chi connectivity index (χ3n) is 4.27. The quantitative estimate of drug-likeness (QED) is 0.830. The van der Waals surface area contributed by atoms with Crippen molar-refractivity contribution >= 4 is 21.8 Å². The van der Waals surface area contributed by atoms with Gasteiger partial charge in [-0.1, -0.05) is 0 Å². The van der Waals surface area contributed by atoms with Crippen LogP contribution < -0.4 is 5.32 Å². The number of carboxylic acids is 1. The van der Waals surface area contributed by atoms with Crippen molar-refractivity contribution in [3.05, 3.63) is 18.1 Å². The Balaban J connectivity index is 1.68. The molecule has 0 aliphatic carbocycles. The normalized spacial score (nSPS) is 28.5. The van der Waals surface area contributed by atoms with Gasteiger partial charge in [0, 0.05) is 18.1 Å². The summed E-state index contributed by atoms with van der Waals surface area (Å²) < 4.78 is 25.3. The number of nitrogens with one attached hydrogen (secondary N) is 1. The highest BCUT2D eigenvalue weighted by Gasteiger charge is 2.45. The molecular weight excluding hydrogens is 308 g/mol. The topological polar surface area (TPSA) is 112 Å². The molecule has 2 N–H and O–H groups in total. The van der Waals surface area contributed by atoms with Gasteiger partial charge in [-0.15, -0.1) is 0 Å². The van der Waals surface area contributed by atoms with Gasteiger partial charge in [-0.25, -0.2) is 23.2 Å². The minimum absolute atomic E-state index is 0.0394. The van der Waals surface area contributed by atoms with Crippen LogP contribution in [0, 0.1) is 0 Å². The smallest absolute Gasteiger partial charge is 0.356 e. The van der Waals surface area contributed by atoms with E-state index in [1.807, 2.05) is 0 Å². The van der Waals surface area contributed by atoms with Crippen molar-refractivity contribution in [3.63, 3.8) is 0 Å². The number of fused-ring (bicyclic) bond motifs is 2. The van der Waals surface area contributed by atoms with E-state index in [0.717, 1.165) is 25.7 Å². The fourth-order valence-corrected chi connectivity index (χ4v) is 4.98. The molecule has 2 aliphatic rings. The third kappa shape index (κ3) is 2.91. The Morgan fingerprint density at radius 1 is 1.27 bits per heavy atom. The first-order valence-electron chi connectivity index (χ1n) is 7.15. The first-order chi connectivity index (χ1) is 10.3. The monoisotopic (exact) mass is 326 g/mol.